The first kappa shape index (κ1) is 10.0. The number of aryl methyl sites for hydroxylation is 1. The van der Waals surface area contributed by atoms with E-state index in [1.165, 1.54) is 10.9 Å². The zero-order chi connectivity index (χ0) is 11.2. The summed E-state index contributed by atoms with van der Waals surface area (Å²) < 4.78 is 15.1. The first-order chi connectivity index (χ1) is 7.02. The molecule has 5 nitrogen and oxygen atoms in total. The number of rotatable bonds is 1. The quantitative estimate of drug-likeness (QED) is 0.592. The van der Waals surface area contributed by atoms with Gasteiger partial charge in [0.05, 0.1) is 17.2 Å². The smallest absolute Gasteiger partial charge is 0.265 e. The number of halogens is 2. The molecule has 0 aliphatic carbocycles. The summed E-state index contributed by atoms with van der Waals surface area (Å²) in [4.78, 5) is 9.97. The number of hydrogen-bond donors (Lipinski definition) is 0. The van der Waals surface area contributed by atoms with Gasteiger partial charge in [0.1, 0.15) is 9.99 Å². The summed E-state index contributed by atoms with van der Waals surface area (Å²) >= 11 is 3.07. The van der Waals surface area contributed by atoms with Crippen molar-refractivity contribution in [2.75, 3.05) is 0 Å². The predicted octanol–water partition coefficient (Wildman–Crippen LogP) is 2.38. The van der Waals surface area contributed by atoms with Crippen LogP contribution in [0.1, 0.15) is 0 Å². The summed E-state index contributed by atoms with van der Waals surface area (Å²) in [7, 11) is 1.57. The van der Waals surface area contributed by atoms with Crippen molar-refractivity contribution in [3.63, 3.8) is 0 Å². The van der Waals surface area contributed by atoms with Gasteiger partial charge in [-0.25, -0.2) is 4.39 Å². The number of nitro benzene ring substituents is 1. The van der Waals surface area contributed by atoms with Crippen LogP contribution in [0, 0.1) is 15.9 Å². The second-order valence-corrected chi connectivity index (χ2v) is 3.77. The van der Waals surface area contributed by atoms with Gasteiger partial charge in [0, 0.05) is 12.4 Å². The average molecular weight is 274 g/mol. The van der Waals surface area contributed by atoms with Gasteiger partial charge in [-0.1, -0.05) is 0 Å². The summed E-state index contributed by atoms with van der Waals surface area (Å²) in [5.74, 6) is -0.653. The van der Waals surface area contributed by atoms with Gasteiger partial charge in [-0.2, -0.15) is 5.10 Å². The van der Waals surface area contributed by atoms with Crippen LogP contribution >= 0.6 is 15.9 Å². The number of benzene rings is 1. The Labute approximate surface area is 91.8 Å². The molecule has 0 N–H and O–H groups in total. The van der Waals surface area contributed by atoms with Crippen molar-refractivity contribution in [3.8, 4) is 0 Å². The van der Waals surface area contributed by atoms with Crippen LogP contribution in [0.15, 0.2) is 16.7 Å². The normalized spacial score (nSPS) is 10.9. The van der Waals surface area contributed by atoms with Crippen molar-refractivity contribution >= 4 is 32.5 Å². The fourth-order valence-electron chi connectivity index (χ4n) is 1.40. The minimum atomic E-state index is -0.653. The molecule has 1 aromatic carbocycles. The highest BCUT2D eigenvalue weighted by atomic mass is 79.9. The number of nitro groups is 1. The Balaban J connectivity index is 2.92. The molecule has 0 unspecified atom stereocenters. The van der Waals surface area contributed by atoms with Crippen molar-refractivity contribution in [1.82, 2.24) is 9.78 Å². The SMILES string of the molecule is Cn1ncc2c(Br)c([N+](=O)[O-])cc(F)c21. The Kier molecular flexibility index (Phi) is 2.18. The first-order valence-electron chi connectivity index (χ1n) is 3.96. The van der Waals surface area contributed by atoms with E-state index >= 15 is 0 Å². The molecule has 0 spiro atoms. The van der Waals surface area contributed by atoms with Gasteiger partial charge in [-0.15, -0.1) is 0 Å². The van der Waals surface area contributed by atoms with E-state index in [1.54, 1.807) is 7.05 Å². The first-order valence-corrected chi connectivity index (χ1v) is 4.75. The second-order valence-electron chi connectivity index (χ2n) is 2.98. The predicted molar refractivity (Wildman–Crippen MR) is 55.0 cm³/mol. The molecule has 2 rings (SSSR count). The molecule has 0 amide bonds. The van der Waals surface area contributed by atoms with Crippen molar-refractivity contribution in [1.29, 1.82) is 0 Å². The lowest BCUT2D eigenvalue weighted by molar-refractivity contribution is -0.385. The molecule has 0 aliphatic rings. The minimum absolute atomic E-state index is 0.243. The van der Waals surface area contributed by atoms with E-state index in [2.05, 4.69) is 21.0 Å². The maximum absolute atomic E-state index is 13.5. The molecule has 7 heteroatoms. The molecule has 0 bridgehead atoms. The molecular weight excluding hydrogens is 269 g/mol. The van der Waals surface area contributed by atoms with Gasteiger partial charge < -0.3 is 0 Å². The number of aromatic nitrogens is 2. The maximum atomic E-state index is 13.5. The van der Waals surface area contributed by atoms with Gasteiger partial charge >= 0.3 is 0 Å². The Morgan fingerprint density at radius 2 is 2.33 bits per heavy atom. The fraction of sp³-hybridized carbons (Fsp3) is 0.125. The zero-order valence-corrected chi connectivity index (χ0v) is 9.15. The highest BCUT2D eigenvalue weighted by molar-refractivity contribution is 9.10. The summed E-state index contributed by atoms with van der Waals surface area (Å²) in [5.41, 5.74) is -0.0551. The van der Waals surface area contributed by atoms with Crippen LogP contribution in [0.3, 0.4) is 0 Å². The molecule has 2 aromatic rings. The summed E-state index contributed by atoms with van der Waals surface area (Å²) in [6, 6.07) is 0.883. The van der Waals surface area contributed by atoms with Crippen molar-refractivity contribution in [3.05, 3.63) is 32.7 Å². The van der Waals surface area contributed by atoms with E-state index in [4.69, 9.17) is 0 Å². The highest BCUT2D eigenvalue weighted by Crippen LogP contribution is 2.34. The van der Waals surface area contributed by atoms with Gasteiger partial charge in [0.15, 0.2) is 5.82 Å². The Bertz CT molecular complexity index is 567. The molecule has 0 fully saturated rings. The number of nitrogens with zero attached hydrogens (tertiary/aromatic N) is 3. The fourth-order valence-corrected chi connectivity index (χ4v) is 1.95. The molecule has 15 heavy (non-hydrogen) atoms. The molecule has 1 heterocycles. The van der Waals surface area contributed by atoms with Gasteiger partial charge in [0.2, 0.25) is 0 Å². The van der Waals surface area contributed by atoms with Crippen molar-refractivity contribution < 1.29 is 9.31 Å². The Morgan fingerprint density at radius 1 is 1.67 bits per heavy atom. The Hall–Kier alpha value is -1.50. The van der Waals surface area contributed by atoms with Crippen molar-refractivity contribution in [2.45, 2.75) is 0 Å². The lowest BCUT2D eigenvalue weighted by Gasteiger charge is -2.00. The van der Waals surface area contributed by atoms with E-state index in [-0.39, 0.29) is 15.7 Å². The van der Waals surface area contributed by atoms with Gasteiger partial charge in [-0.3, -0.25) is 14.8 Å². The molecule has 0 saturated carbocycles. The van der Waals surface area contributed by atoms with Crippen molar-refractivity contribution in [2.24, 2.45) is 7.05 Å². The monoisotopic (exact) mass is 273 g/mol. The molecule has 0 aliphatic heterocycles. The van der Waals surface area contributed by atoms with Gasteiger partial charge in [-0.05, 0) is 15.9 Å². The van der Waals surface area contributed by atoms with E-state index in [0.29, 0.717) is 5.39 Å². The lowest BCUT2D eigenvalue weighted by atomic mass is 10.2. The summed E-state index contributed by atoms with van der Waals surface area (Å²) in [5, 5.41) is 14.8. The van der Waals surface area contributed by atoms with E-state index < -0.39 is 10.7 Å². The molecule has 0 saturated heterocycles. The number of hydrogen-bond acceptors (Lipinski definition) is 3. The molecule has 0 atom stereocenters. The van der Waals surface area contributed by atoms with Crippen LogP contribution in [0.2, 0.25) is 0 Å². The van der Waals surface area contributed by atoms with E-state index in [1.807, 2.05) is 0 Å². The van der Waals surface area contributed by atoms with E-state index in [9.17, 15) is 14.5 Å². The third-order valence-electron chi connectivity index (χ3n) is 2.09. The average Bonchev–Trinajstić information content (AvgIpc) is 2.54. The van der Waals surface area contributed by atoms with Crippen LogP contribution in [0.5, 0.6) is 0 Å². The van der Waals surface area contributed by atoms with Crippen LogP contribution in [-0.4, -0.2) is 14.7 Å². The summed E-state index contributed by atoms with van der Waals surface area (Å²) in [6.45, 7) is 0. The molecule has 78 valence electrons. The second kappa shape index (κ2) is 3.27. The van der Waals surface area contributed by atoms with Crippen LogP contribution in [0.25, 0.3) is 10.9 Å². The molecule has 1 aromatic heterocycles. The summed E-state index contributed by atoms with van der Waals surface area (Å²) in [6.07, 6.45) is 1.38. The third-order valence-corrected chi connectivity index (χ3v) is 2.92. The van der Waals surface area contributed by atoms with Crippen LogP contribution in [-0.2, 0) is 7.05 Å². The third kappa shape index (κ3) is 1.39. The standard InChI is InChI=1S/C8H5BrFN3O2/c1-12-8-4(3-11-12)7(9)6(13(14)15)2-5(8)10/h2-3H,1H3. The Morgan fingerprint density at radius 3 is 2.93 bits per heavy atom. The number of fused-ring (bicyclic) bond motifs is 1. The molecular formula is C8H5BrFN3O2. The van der Waals surface area contributed by atoms with E-state index in [0.717, 1.165) is 6.07 Å². The van der Waals surface area contributed by atoms with Gasteiger partial charge in [0.25, 0.3) is 5.69 Å². The highest BCUT2D eigenvalue weighted by Gasteiger charge is 2.20. The maximum Gasteiger partial charge on any atom is 0.287 e. The zero-order valence-electron chi connectivity index (χ0n) is 7.57. The van der Waals surface area contributed by atoms with Crippen LogP contribution < -0.4 is 0 Å². The topological polar surface area (TPSA) is 61.0 Å². The lowest BCUT2D eigenvalue weighted by Crippen LogP contribution is -1.95. The minimum Gasteiger partial charge on any atom is -0.265 e. The largest absolute Gasteiger partial charge is 0.287 e. The van der Waals surface area contributed by atoms with Crippen LogP contribution in [0.4, 0.5) is 10.1 Å². The molecule has 0 radical (unpaired) electrons.